The molecule has 2 atom stereocenters. The molecule has 0 saturated heterocycles. The van der Waals surface area contributed by atoms with E-state index in [1.54, 1.807) is 11.3 Å². The number of carbonyl (C=O) groups is 1. The summed E-state index contributed by atoms with van der Waals surface area (Å²) in [7, 11) is 0. The number of carbonyl (C=O) groups excluding carboxylic acids is 1. The molecule has 2 unspecified atom stereocenters. The minimum absolute atomic E-state index is 0. The number of nitrogens with two attached hydrogens (primary N) is 1. The molecule has 1 amide bonds. The molecule has 2 aromatic rings. The van der Waals surface area contributed by atoms with E-state index in [4.69, 9.17) is 5.73 Å². The molecule has 2 rings (SSSR count). The quantitative estimate of drug-likeness (QED) is 0.763. The lowest BCUT2D eigenvalue weighted by molar-refractivity contribution is -0.121. The van der Waals surface area contributed by atoms with Gasteiger partial charge < -0.3 is 16.2 Å². The van der Waals surface area contributed by atoms with Gasteiger partial charge in [-0.15, -0.1) is 23.7 Å². The van der Waals surface area contributed by atoms with Crippen LogP contribution in [0.1, 0.15) is 30.7 Å². The van der Waals surface area contributed by atoms with Crippen LogP contribution >= 0.6 is 23.7 Å². The minimum Gasteiger partial charge on any atom is -0.386 e. The molecule has 0 aliphatic carbocycles. The SMILES string of the molecule is CC(N)CCC(=O)NCC(O)c1cc2ccccc2s1.Cl. The fourth-order valence-electron chi connectivity index (χ4n) is 1.92. The van der Waals surface area contributed by atoms with Gasteiger partial charge in [0.1, 0.15) is 6.10 Å². The van der Waals surface area contributed by atoms with Crippen LogP contribution in [-0.2, 0) is 4.79 Å². The van der Waals surface area contributed by atoms with Gasteiger partial charge in [-0.3, -0.25) is 4.79 Å². The fraction of sp³-hybridized carbons (Fsp3) is 0.400. The van der Waals surface area contributed by atoms with Gasteiger partial charge in [-0.2, -0.15) is 0 Å². The van der Waals surface area contributed by atoms with Crippen molar-refractivity contribution in [3.05, 3.63) is 35.2 Å². The van der Waals surface area contributed by atoms with Gasteiger partial charge in [0.15, 0.2) is 0 Å². The molecule has 1 aromatic carbocycles. The van der Waals surface area contributed by atoms with Crippen LogP contribution in [0.4, 0.5) is 0 Å². The van der Waals surface area contributed by atoms with E-state index in [2.05, 4.69) is 5.32 Å². The van der Waals surface area contributed by atoms with Crippen LogP contribution in [0.2, 0.25) is 0 Å². The lowest BCUT2D eigenvalue weighted by Gasteiger charge is -2.10. The Labute approximate surface area is 134 Å². The fourth-order valence-corrected chi connectivity index (χ4v) is 2.98. The van der Waals surface area contributed by atoms with E-state index in [9.17, 15) is 9.90 Å². The maximum absolute atomic E-state index is 11.6. The van der Waals surface area contributed by atoms with Gasteiger partial charge in [-0.25, -0.2) is 0 Å². The molecular weight excluding hydrogens is 308 g/mol. The molecule has 0 bridgehead atoms. The van der Waals surface area contributed by atoms with Crippen LogP contribution in [0.5, 0.6) is 0 Å². The Bertz CT molecular complexity index is 553. The van der Waals surface area contributed by atoms with E-state index >= 15 is 0 Å². The summed E-state index contributed by atoms with van der Waals surface area (Å²) in [5.74, 6) is -0.0672. The third kappa shape index (κ3) is 5.28. The van der Waals surface area contributed by atoms with Crippen molar-refractivity contribution in [2.24, 2.45) is 5.73 Å². The summed E-state index contributed by atoms with van der Waals surface area (Å²) in [6.07, 6.45) is 0.397. The average molecular weight is 329 g/mol. The molecule has 0 radical (unpaired) electrons. The Morgan fingerprint density at radius 2 is 2.14 bits per heavy atom. The van der Waals surface area contributed by atoms with Crippen molar-refractivity contribution >= 4 is 39.7 Å². The normalized spacial score (nSPS) is 13.5. The van der Waals surface area contributed by atoms with E-state index in [0.29, 0.717) is 12.8 Å². The predicted octanol–water partition coefficient (Wildman–Crippen LogP) is 2.60. The van der Waals surface area contributed by atoms with Gasteiger partial charge >= 0.3 is 0 Å². The van der Waals surface area contributed by atoms with Crippen molar-refractivity contribution < 1.29 is 9.90 Å². The summed E-state index contributed by atoms with van der Waals surface area (Å²) in [4.78, 5) is 12.5. The van der Waals surface area contributed by atoms with Gasteiger partial charge in [0.2, 0.25) is 5.91 Å². The summed E-state index contributed by atoms with van der Waals surface area (Å²) in [5.41, 5.74) is 5.60. The molecule has 4 nitrogen and oxygen atoms in total. The highest BCUT2D eigenvalue weighted by atomic mass is 35.5. The second-order valence-electron chi connectivity index (χ2n) is 5.02. The summed E-state index contributed by atoms with van der Waals surface area (Å²) < 4.78 is 1.14. The number of thiophene rings is 1. The van der Waals surface area contributed by atoms with Crippen molar-refractivity contribution in [2.75, 3.05) is 6.54 Å². The van der Waals surface area contributed by atoms with Gasteiger partial charge in [-0.05, 0) is 30.9 Å². The van der Waals surface area contributed by atoms with E-state index in [-0.39, 0.29) is 30.9 Å². The third-order valence-corrected chi connectivity index (χ3v) is 4.31. The number of fused-ring (bicyclic) bond motifs is 1. The Morgan fingerprint density at radius 1 is 1.43 bits per heavy atom. The first-order valence-corrected chi connectivity index (χ1v) is 7.56. The van der Waals surface area contributed by atoms with Crippen LogP contribution in [0.15, 0.2) is 30.3 Å². The van der Waals surface area contributed by atoms with Crippen molar-refractivity contribution in [1.29, 1.82) is 0 Å². The Kier molecular flexibility index (Phi) is 7.11. The Morgan fingerprint density at radius 3 is 2.81 bits per heavy atom. The zero-order chi connectivity index (χ0) is 14.5. The molecule has 0 fully saturated rings. The van der Waals surface area contributed by atoms with Gasteiger partial charge in [0.05, 0.1) is 0 Å². The molecule has 1 heterocycles. The van der Waals surface area contributed by atoms with Crippen molar-refractivity contribution in [1.82, 2.24) is 5.32 Å². The summed E-state index contributed by atoms with van der Waals surface area (Å²) in [6.45, 7) is 2.12. The number of rotatable bonds is 6. The molecule has 116 valence electrons. The number of amides is 1. The van der Waals surface area contributed by atoms with Crippen LogP contribution in [0, 0.1) is 0 Å². The summed E-state index contributed by atoms with van der Waals surface area (Å²) in [6, 6.07) is 9.99. The van der Waals surface area contributed by atoms with Crippen LogP contribution < -0.4 is 11.1 Å². The number of aliphatic hydroxyl groups is 1. The van der Waals surface area contributed by atoms with Crippen molar-refractivity contribution in [2.45, 2.75) is 31.9 Å². The molecule has 0 saturated carbocycles. The molecular formula is C15H21ClN2O2S. The molecule has 0 aliphatic rings. The summed E-state index contributed by atoms with van der Waals surface area (Å²) >= 11 is 1.55. The molecule has 0 spiro atoms. The Balaban J connectivity index is 0.00000220. The number of hydrogen-bond donors (Lipinski definition) is 3. The molecule has 0 aliphatic heterocycles. The third-order valence-electron chi connectivity index (χ3n) is 3.09. The van der Waals surface area contributed by atoms with E-state index in [1.165, 1.54) is 0 Å². The number of nitrogens with one attached hydrogen (secondary N) is 1. The zero-order valence-corrected chi connectivity index (χ0v) is 13.5. The largest absolute Gasteiger partial charge is 0.386 e. The highest BCUT2D eigenvalue weighted by Crippen LogP contribution is 2.29. The highest BCUT2D eigenvalue weighted by molar-refractivity contribution is 7.19. The minimum atomic E-state index is -0.661. The topological polar surface area (TPSA) is 75.4 Å². The smallest absolute Gasteiger partial charge is 0.220 e. The van der Waals surface area contributed by atoms with Gasteiger partial charge in [0.25, 0.3) is 0 Å². The molecule has 4 N–H and O–H groups in total. The Hall–Kier alpha value is -1.14. The number of benzene rings is 1. The lowest BCUT2D eigenvalue weighted by atomic mass is 10.2. The molecule has 6 heteroatoms. The van der Waals surface area contributed by atoms with Crippen LogP contribution in [0.3, 0.4) is 0 Å². The maximum Gasteiger partial charge on any atom is 0.220 e. The average Bonchev–Trinajstić information content (AvgIpc) is 2.86. The van der Waals surface area contributed by atoms with Gasteiger partial charge in [-0.1, -0.05) is 18.2 Å². The van der Waals surface area contributed by atoms with Crippen LogP contribution in [0.25, 0.3) is 10.1 Å². The lowest BCUT2D eigenvalue weighted by Crippen LogP contribution is -2.29. The van der Waals surface area contributed by atoms with Crippen LogP contribution in [-0.4, -0.2) is 23.6 Å². The molecule has 1 aromatic heterocycles. The zero-order valence-electron chi connectivity index (χ0n) is 11.9. The standard InChI is InChI=1S/C15H20N2O2S.ClH/c1-10(16)6-7-15(19)17-9-12(18)14-8-11-4-2-3-5-13(11)20-14;/h2-5,8,10,12,18H,6-7,9,16H2,1H3,(H,17,19);1H. The monoisotopic (exact) mass is 328 g/mol. The second kappa shape index (κ2) is 8.34. The van der Waals surface area contributed by atoms with E-state index < -0.39 is 6.10 Å². The number of hydrogen-bond acceptors (Lipinski definition) is 4. The van der Waals surface area contributed by atoms with E-state index in [0.717, 1.165) is 15.0 Å². The van der Waals surface area contributed by atoms with Crippen molar-refractivity contribution in [3.63, 3.8) is 0 Å². The first kappa shape index (κ1) is 17.9. The second-order valence-corrected chi connectivity index (χ2v) is 6.14. The van der Waals surface area contributed by atoms with Gasteiger partial charge in [0, 0.05) is 28.6 Å². The number of aliphatic hydroxyl groups excluding tert-OH is 1. The van der Waals surface area contributed by atoms with Crippen molar-refractivity contribution in [3.8, 4) is 0 Å². The predicted molar refractivity (Wildman–Crippen MR) is 89.9 cm³/mol. The van der Waals surface area contributed by atoms with E-state index in [1.807, 2.05) is 37.3 Å². The first-order chi connectivity index (χ1) is 9.56. The highest BCUT2D eigenvalue weighted by Gasteiger charge is 2.12. The summed E-state index contributed by atoms with van der Waals surface area (Å²) in [5, 5.41) is 14.0. The number of halogens is 1. The molecule has 21 heavy (non-hydrogen) atoms. The first-order valence-electron chi connectivity index (χ1n) is 6.75. The maximum atomic E-state index is 11.6.